The number of rotatable bonds is 3. The Balaban J connectivity index is 2.46. The van der Waals surface area contributed by atoms with Crippen LogP contribution in [0.15, 0.2) is 0 Å². The number of hydrogen-bond acceptors (Lipinski definition) is 2. The first kappa shape index (κ1) is 12.6. The van der Waals surface area contributed by atoms with Crippen LogP contribution in [0.1, 0.15) is 12.8 Å². The molecule has 1 amide bonds. The van der Waals surface area contributed by atoms with Crippen LogP contribution < -0.4 is 5.32 Å². The summed E-state index contributed by atoms with van der Waals surface area (Å²) >= 11 is 1.65. The highest BCUT2D eigenvalue weighted by Crippen LogP contribution is 2.24. The van der Waals surface area contributed by atoms with E-state index in [1.165, 1.54) is 0 Å². The molecule has 1 heterocycles. The van der Waals surface area contributed by atoms with E-state index in [1.54, 1.807) is 11.8 Å². The summed E-state index contributed by atoms with van der Waals surface area (Å²) in [7, 11) is 0. The molecular weight excluding hydrogens is 234 g/mol. The van der Waals surface area contributed by atoms with Crippen molar-refractivity contribution >= 4 is 17.7 Å². The number of carbonyl (C=O) groups is 1. The van der Waals surface area contributed by atoms with Gasteiger partial charge in [-0.3, -0.25) is 4.79 Å². The van der Waals surface area contributed by atoms with Gasteiger partial charge in [0.05, 0.1) is 0 Å². The van der Waals surface area contributed by atoms with E-state index in [4.69, 9.17) is 0 Å². The van der Waals surface area contributed by atoms with Crippen molar-refractivity contribution in [3.05, 3.63) is 0 Å². The van der Waals surface area contributed by atoms with Gasteiger partial charge in [0.25, 0.3) is 5.91 Å². The molecule has 0 spiro atoms. The van der Waals surface area contributed by atoms with Crippen molar-refractivity contribution in [1.82, 2.24) is 5.32 Å². The fourth-order valence-electron chi connectivity index (χ4n) is 1.22. The summed E-state index contributed by atoms with van der Waals surface area (Å²) in [6, 6.07) is -0.400. The maximum atomic E-state index is 12.5. The molecule has 15 heavy (non-hydrogen) atoms. The molecule has 0 aromatic rings. The Morgan fingerprint density at radius 3 is 2.33 bits per heavy atom. The third-order valence-corrected chi connectivity index (χ3v) is 3.18. The van der Waals surface area contributed by atoms with Gasteiger partial charge in [-0.1, -0.05) is 0 Å². The molecule has 88 valence electrons. The zero-order valence-electron chi connectivity index (χ0n) is 7.81. The Morgan fingerprint density at radius 2 is 1.87 bits per heavy atom. The molecule has 1 saturated heterocycles. The van der Waals surface area contributed by atoms with Crippen molar-refractivity contribution < 1.29 is 22.4 Å². The normalized spacial score (nSPS) is 19.3. The van der Waals surface area contributed by atoms with Crippen LogP contribution >= 0.6 is 11.8 Å². The number of nitrogens with one attached hydrogen (secondary N) is 1. The smallest absolute Gasteiger partial charge is 0.348 e. The fraction of sp³-hybridized carbons (Fsp3) is 0.875. The molecule has 1 fully saturated rings. The van der Waals surface area contributed by atoms with Crippen LogP contribution in [-0.2, 0) is 4.79 Å². The van der Waals surface area contributed by atoms with Gasteiger partial charge in [-0.25, -0.2) is 8.78 Å². The molecule has 1 rings (SSSR count). The van der Waals surface area contributed by atoms with E-state index in [9.17, 15) is 22.4 Å². The largest absolute Gasteiger partial charge is 0.383 e. The number of hydrogen-bond donors (Lipinski definition) is 1. The second-order valence-corrected chi connectivity index (χ2v) is 4.51. The average molecular weight is 245 g/mol. The van der Waals surface area contributed by atoms with Crippen LogP contribution in [0, 0.1) is 0 Å². The molecule has 0 aliphatic carbocycles. The van der Waals surface area contributed by atoms with Crippen molar-refractivity contribution in [3.63, 3.8) is 0 Å². The molecule has 0 aromatic carbocycles. The predicted molar refractivity (Wildman–Crippen MR) is 49.4 cm³/mol. The van der Waals surface area contributed by atoms with Crippen LogP contribution in [-0.4, -0.2) is 35.8 Å². The van der Waals surface area contributed by atoms with Gasteiger partial charge in [-0.05, 0) is 24.3 Å². The SMILES string of the molecule is O=C(NC1CCSCC1)C(F)(F)C(F)F. The summed E-state index contributed by atoms with van der Waals surface area (Å²) in [5.41, 5.74) is 0. The highest BCUT2D eigenvalue weighted by molar-refractivity contribution is 7.99. The van der Waals surface area contributed by atoms with Crippen LogP contribution in [0.4, 0.5) is 17.6 Å². The molecule has 0 saturated carbocycles. The minimum atomic E-state index is -4.58. The lowest BCUT2D eigenvalue weighted by Crippen LogP contribution is -2.49. The van der Waals surface area contributed by atoms with Crippen LogP contribution in [0.5, 0.6) is 0 Å². The fourth-order valence-corrected chi connectivity index (χ4v) is 2.33. The van der Waals surface area contributed by atoms with Gasteiger partial charge < -0.3 is 5.32 Å². The van der Waals surface area contributed by atoms with E-state index < -0.39 is 24.3 Å². The van der Waals surface area contributed by atoms with E-state index in [2.05, 4.69) is 0 Å². The van der Waals surface area contributed by atoms with Crippen molar-refractivity contribution in [1.29, 1.82) is 0 Å². The molecule has 7 heteroatoms. The summed E-state index contributed by atoms with van der Waals surface area (Å²) in [5, 5.41) is 1.96. The van der Waals surface area contributed by atoms with Gasteiger partial charge in [-0.15, -0.1) is 0 Å². The first-order valence-electron chi connectivity index (χ1n) is 4.49. The number of carbonyl (C=O) groups excluding carboxylic acids is 1. The number of alkyl halides is 4. The van der Waals surface area contributed by atoms with Crippen molar-refractivity contribution in [3.8, 4) is 0 Å². The molecule has 0 radical (unpaired) electrons. The second kappa shape index (κ2) is 5.05. The summed E-state index contributed by atoms with van der Waals surface area (Å²) in [4.78, 5) is 10.8. The summed E-state index contributed by atoms with van der Waals surface area (Å²) in [6.45, 7) is 0. The third kappa shape index (κ3) is 3.25. The zero-order chi connectivity index (χ0) is 11.5. The average Bonchev–Trinajstić information content (AvgIpc) is 2.18. The molecule has 1 N–H and O–H groups in total. The molecular formula is C8H11F4NOS. The van der Waals surface area contributed by atoms with Gasteiger partial charge in [0.1, 0.15) is 0 Å². The number of halogens is 4. The van der Waals surface area contributed by atoms with Gasteiger partial charge in [0.15, 0.2) is 0 Å². The Labute approximate surface area is 88.8 Å². The first-order chi connectivity index (χ1) is 6.94. The molecule has 2 nitrogen and oxygen atoms in total. The molecule has 0 bridgehead atoms. The van der Waals surface area contributed by atoms with E-state index in [1.807, 2.05) is 5.32 Å². The minimum Gasteiger partial charge on any atom is -0.348 e. The first-order valence-corrected chi connectivity index (χ1v) is 5.64. The quantitative estimate of drug-likeness (QED) is 0.769. The van der Waals surface area contributed by atoms with E-state index >= 15 is 0 Å². The standard InChI is InChI=1S/C8H11F4NOS/c9-6(10)8(11,12)7(14)13-5-1-3-15-4-2-5/h5-6H,1-4H2,(H,13,14). The van der Waals surface area contributed by atoms with Crippen LogP contribution in [0.3, 0.4) is 0 Å². The molecule has 1 aliphatic rings. The minimum absolute atomic E-state index is 0.400. The summed E-state index contributed by atoms with van der Waals surface area (Å²) in [6.07, 6.45) is -2.85. The third-order valence-electron chi connectivity index (χ3n) is 2.13. The Kier molecular flexibility index (Phi) is 4.24. The topological polar surface area (TPSA) is 29.1 Å². The zero-order valence-corrected chi connectivity index (χ0v) is 8.63. The Hall–Kier alpha value is -0.460. The van der Waals surface area contributed by atoms with E-state index in [0.29, 0.717) is 12.8 Å². The molecule has 0 unspecified atom stereocenters. The maximum Gasteiger partial charge on any atom is 0.383 e. The predicted octanol–water partition coefficient (Wildman–Crippen LogP) is 1.90. The van der Waals surface area contributed by atoms with Crippen molar-refractivity contribution in [2.45, 2.75) is 31.2 Å². The Morgan fingerprint density at radius 1 is 1.33 bits per heavy atom. The van der Waals surface area contributed by atoms with Crippen molar-refractivity contribution in [2.24, 2.45) is 0 Å². The maximum absolute atomic E-state index is 12.5. The van der Waals surface area contributed by atoms with Crippen molar-refractivity contribution in [2.75, 3.05) is 11.5 Å². The molecule has 0 aromatic heterocycles. The lowest BCUT2D eigenvalue weighted by molar-refractivity contribution is -0.170. The van der Waals surface area contributed by atoms with Gasteiger partial charge in [0.2, 0.25) is 0 Å². The summed E-state index contributed by atoms with van der Waals surface area (Å²) < 4.78 is 48.7. The van der Waals surface area contributed by atoms with E-state index in [-0.39, 0.29) is 0 Å². The highest BCUT2D eigenvalue weighted by Gasteiger charge is 2.49. The van der Waals surface area contributed by atoms with E-state index in [0.717, 1.165) is 11.5 Å². The lowest BCUT2D eigenvalue weighted by Gasteiger charge is -2.24. The second-order valence-electron chi connectivity index (χ2n) is 3.28. The lowest BCUT2D eigenvalue weighted by atomic mass is 10.1. The number of amides is 1. The summed E-state index contributed by atoms with van der Waals surface area (Å²) in [5.74, 6) is -4.93. The molecule has 0 atom stereocenters. The van der Waals surface area contributed by atoms with Crippen LogP contribution in [0.2, 0.25) is 0 Å². The highest BCUT2D eigenvalue weighted by atomic mass is 32.2. The Bertz CT molecular complexity index is 231. The number of thioether (sulfide) groups is 1. The van der Waals surface area contributed by atoms with Crippen LogP contribution in [0.25, 0.3) is 0 Å². The monoisotopic (exact) mass is 245 g/mol. The van der Waals surface area contributed by atoms with Gasteiger partial charge in [0, 0.05) is 6.04 Å². The van der Waals surface area contributed by atoms with Gasteiger partial charge >= 0.3 is 12.3 Å². The molecule has 1 aliphatic heterocycles. The van der Waals surface area contributed by atoms with Gasteiger partial charge in [-0.2, -0.15) is 20.5 Å².